The summed E-state index contributed by atoms with van der Waals surface area (Å²) >= 11 is 0. The predicted molar refractivity (Wildman–Crippen MR) is 131 cm³/mol. The Morgan fingerprint density at radius 2 is 1.64 bits per heavy atom. The van der Waals surface area contributed by atoms with Crippen molar-refractivity contribution in [3.63, 3.8) is 0 Å². The van der Waals surface area contributed by atoms with E-state index in [1.165, 1.54) is 0 Å². The summed E-state index contributed by atoms with van der Waals surface area (Å²) in [6.45, 7) is 4.94. The molecule has 1 aliphatic heterocycles. The Kier molecular flexibility index (Phi) is 5.87. The minimum absolute atomic E-state index is 0.130. The molecule has 0 saturated carbocycles. The molecule has 1 amide bonds. The molecule has 33 heavy (non-hydrogen) atoms. The van der Waals surface area contributed by atoms with Crippen LogP contribution in [0.4, 0.5) is 23.0 Å². The first-order chi connectivity index (χ1) is 16.2. The lowest BCUT2D eigenvalue weighted by Gasteiger charge is -2.28. The number of aromatic nitrogens is 2. The van der Waals surface area contributed by atoms with Crippen LogP contribution in [-0.4, -0.2) is 42.2 Å². The number of fused-ring (bicyclic) bond motifs is 1. The van der Waals surface area contributed by atoms with Crippen LogP contribution in [0.25, 0.3) is 10.8 Å². The number of hydrogen-bond donors (Lipinski definition) is 2. The summed E-state index contributed by atoms with van der Waals surface area (Å²) in [5.74, 6) is 2.21. The normalized spacial score (nSPS) is 13.7. The Hall–Kier alpha value is -3.97. The molecule has 0 spiro atoms. The number of ether oxygens (including phenoxy) is 1. The first kappa shape index (κ1) is 20.9. The quantitative estimate of drug-likeness (QED) is 0.466. The average Bonchev–Trinajstić information content (AvgIpc) is 2.85. The van der Waals surface area contributed by atoms with Gasteiger partial charge >= 0.3 is 0 Å². The third kappa shape index (κ3) is 4.78. The molecule has 2 heterocycles. The second kappa shape index (κ2) is 9.26. The minimum atomic E-state index is -0.130. The van der Waals surface area contributed by atoms with Gasteiger partial charge in [0.2, 0.25) is 0 Å². The van der Waals surface area contributed by atoms with E-state index in [4.69, 9.17) is 4.74 Å². The zero-order valence-corrected chi connectivity index (χ0v) is 18.4. The molecule has 5 rings (SSSR count). The second-order valence-electron chi connectivity index (χ2n) is 7.94. The largest absolute Gasteiger partial charge is 0.378 e. The van der Waals surface area contributed by atoms with E-state index in [1.807, 2.05) is 79.7 Å². The van der Waals surface area contributed by atoms with Crippen LogP contribution in [-0.2, 0) is 4.74 Å². The maximum absolute atomic E-state index is 12.9. The van der Waals surface area contributed by atoms with E-state index in [-0.39, 0.29) is 5.91 Å². The summed E-state index contributed by atoms with van der Waals surface area (Å²) in [5.41, 5.74) is 2.26. The van der Waals surface area contributed by atoms with Gasteiger partial charge in [0.1, 0.15) is 17.5 Å². The summed E-state index contributed by atoms with van der Waals surface area (Å²) in [5, 5.41) is 8.31. The first-order valence-electron chi connectivity index (χ1n) is 11.0. The molecule has 0 radical (unpaired) electrons. The minimum Gasteiger partial charge on any atom is -0.378 e. The second-order valence-corrected chi connectivity index (χ2v) is 7.94. The Labute approximate surface area is 192 Å². The fourth-order valence-corrected chi connectivity index (χ4v) is 3.98. The molecule has 7 nitrogen and oxygen atoms in total. The lowest BCUT2D eigenvalue weighted by molar-refractivity contribution is 0.102. The van der Waals surface area contributed by atoms with Gasteiger partial charge in [0.05, 0.1) is 13.2 Å². The maximum atomic E-state index is 12.9. The number of amides is 1. The van der Waals surface area contributed by atoms with Gasteiger partial charge in [-0.3, -0.25) is 4.79 Å². The molecular formula is C26H25N5O2. The number of carbonyl (C=O) groups is 1. The molecule has 1 aliphatic rings. The number of hydrogen-bond acceptors (Lipinski definition) is 6. The molecule has 2 N–H and O–H groups in total. The molecule has 0 bridgehead atoms. The van der Waals surface area contributed by atoms with E-state index in [2.05, 4.69) is 25.5 Å². The van der Waals surface area contributed by atoms with Gasteiger partial charge in [-0.1, -0.05) is 36.4 Å². The van der Waals surface area contributed by atoms with Crippen LogP contribution in [0.2, 0.25) is 0 Å². The standard InChI is InChI=1S/C26H25N5O2/c1-18-27-24(17-25(28-18)31-13-15-33-16-14-31)29-20-9-11-21(12-10-20)30-26(32)23-8-4-6-19-5-2-3-7-22(19)23/h2-12,17H,13-16H2,1H3,(H,30,32)(H,27,28,29). The van der Waals surface area contributed by atoms with E-state index in [9.17, 15) is 4.79 Å². The molecule has 166 valence electrons. The van der Waals surface area contributed by atoms with Crippen molar-refractivity contribution in [2.24, 2.45) is 0 Å². The number of nitrogens with zero attached hydrogens (tertiary/aromatic N) is 3. The third-order valence-corrected chi connectivity index (χ3v) is 5.61. The van der Waals surface area contributed by atoms with Gasteiger partial charge in [0.25, 0.3) is 5.91 Å². The van der Waals surface area contributed by atoms with Crippen LogP contribution in [0.3, 0.4) is 0 Å². The zero-order chi connectivity index (χ0) is 22.6. The van der Waals surface area contributed by atoms with Gasteiger partial charge in [-0.2, -0.15) is 0 Å². The third-order valence-electron chi connectivity index (χ3n) is 5.61. The SMILES string of the molecule is Cc1nc(Nc2ccc(NC(=O)c3cccc4ccccc34)cc2)cc(N2CCOCC2)n1. The number of benzene rings is 3. The van der Waals surface area contributed by atoms with E-state index < -0.39 is 0 Å². The Morgan fingerprint density at radius 1 is 0.909 bits per heavy atom. The monoisotopic (exact) mass is 439 g/mol. The highest BCUT2D eigenvalue weighted by Crippen LogP contribution is 2.23. The van der Waals surface area contributed by atoms with Crippen molar-refractivity contribution in [2.75, 3.05) is 41.8 Å². The van der Waals surface area contributed by atoms with Gasteiger partial charge in [-0.05, 0) is 48.0 Å². The highest BCUT2D eigenvalue weighted by Gasteiger charge is 2.14. The van der Waals surface area contributed by atoms with Crippen molar-refractivity contribution in [1.29, 1.82) is 0 Å². The molecule has 0 aliphatic carbocycles. The number of rotatable bonds is 5. The maximum Gasteiger partial charge on any atom is 0.256 e. The van der Waals surface area contributed by atoms with Crippen molar-refractivity contribution in [1.82, 2.24) is 9.97 Å². The first-order valence-corrected chi connectivity index (χ1v) is 11.0. The molecule has 4 aromatic rings. The summed E-state index contributed by atoms with van der Waals surface area (Å²) in [7, 11) is 0. The molecule has 0 atom stereocenters. The Morgan fingerprint density at radius 3 is 2.45 bits per heavy atom. The number of morpholine rings is 1. The molecule has 1 saturated heterocycles. The summed E-state index contributed by atoms with van der Waals surface area (Å²) < 4.78 is 5.43. The van der Waals surface area contributed by atoms with Crippen molar-refractivity contribution < 1.29 is 9.53 Å². The predicted octanol–water partition coefficient (Wildman–Crippen LogP) is 4.77. The highest BCUT2D eigenvalue weighted by atomic mass is 16.5. The van der Waals surface area contributed by atoms with Gasteiger partial charge in [0, 0.05) is 36.1 Å². The zero-order valence-electron chi connectivity index (χ0n) is 18.4. The fraction of sp³-hybridized carbons (Fsp3) is 0.192. The van der Waals surface area contributed by atoms with Crippen LogP contribution < -0.4 is 15.5 Å². The number of nitrogens with one attached hydrogen (secondary N) is 2. The van der Waals surface area contributed by atoms with Gasteiger partial charge < -0.3 is 20.3 Å². The van der Waals surface area contributed by atoms with Gasteiger partial charge in [0.15, 0.2) is 0 Å². The van der Waals surface area contributed by atoms with E-state index in [0.29, 0.717) is 24.6 Å². The molecule has 1 fully saturated rings. The molecule has 3 aromatic carbocycles. The van der Waals surface area contributed by atoms with Crippen LogP contribution in [0.5, 0.6) is 0 Å². The molecular weight excluding hydrogens is 414 g/mol. The van der Waals surface area contributed by atoms with Crippen molar-refractivity contribution in [3.8, 4) is 0 Å². The fourth-order valence-electron chi connectivity index (χ4n) is 3.98. The van der Waals surface area contributed by atoms with E-state index in [0.717, 1.165) is 46.9 Å². The smallest absolute Gasteiger partial charge is 0.256 e. The Balaban J connectivity index is 1.29. The van der Waals surface area contributed by atoms with E-state index >= 15 is 0 Å². The lowest BCUT2D eigenvalue weighted by Crippen LogP contribution is -2.36. The van der Waals surface area contributed by atoms with Crippen LogP contribution in [0.15, 0.2) is 72.8 Å². The van der Waals surface area contributed by atoms with E-state index in [1.54, 1.807) is 0 Å². The van der Waals surface area contributed by atoms with Crippen molar-refractivity contribution in [2.45, 2.75) is 6.92 Å². The van der Waals surface area contributed by atoms with Crippen LogP contribution >= 0.6 is 0 Å². The Bertz CT molecular complexity index is 1280. The molecule has 0 unspecified atom stereocenters. The van der Waals surface area contributed by atoms with Crippen LogP contribution in [0.1, 0.15) is 16.2 Å². The summed E-state index contributed by atoms with van der Waals surface area (Å²) in [6.07, 6.45) is 0. The molecule has 7 heteroatoms. The van der Waals surface area contributed by atoms with Crippen molar-refractivity contribution in [3.05, 3.63) is 84.2 Å². The number of anilines is 4. The van der Waals surface area contributed by atoms with Gasteiger partial charge in [-0.15, -0.1) is 0 Å². The number of aryl methyl sites for hydroxylation is 1. The number of carbonyl (C=O) groups excluding carboxylic acids is 1. The topological polar surface area (TPSA) is 79.4 Å². The molecule has 1 aromatic heterocycles. The van der Waals surface area contributed by atoms with Crippen molar-refractivity contribution >= 4 is 39.7 Å². The van der Waals surface area contributed by atoms with Crippen LogP contribution in [0, 0.1) is 6.92 Å². The lowest BCUT2D eigenvalue weighted by atomic mass is 10.0. The summed E-state index contributed by atoms with van der Waals surface area (Å²) in [6, 6.07) is 23.2. The average molecular weight is 440 g/mol. The highest BCUT2D eigenvalue weighted by molar-refractivity contribution is 6.12. The summed E-state index contributed by atoms with van der Waals surface area (Å²) in [4.78, 5) is 24.2. The van der Waals surface area contributed by atoms with Gasteiger partial charge in [-0.25, -0.2) is 9.97 Å².